The molecule has 0 bridgehead atoms. The maximum Gasteiger partial charge on any atom is 0.326 e. The lowest BCUT2D eigenvalue weighted by molar-refractivity contribution is -0.384. The van der Waals surface area contributed by atoms with Crippen molar-refractivity contribution in [3.63, 3.8) is 0 Å². The van der Waals surface area contributed by atoms with Gasteiger partial charge in [0.05, 0.1) is 23.9 Å². The van der Waals surface area contributed by atoms with Crippen LogP contribution in [0.1, 0.15) is 25.8 Å². The van der Waals surface area contributed by atoms with Crippen LogP contribution < -0.4 is 5.32 Å². The number of esters is 1. The smallest absolute Gasteiger partial charge is 0.326 e. The van der Waals surface area contributed by atoms with Gasteiger partial charge in [-0.15, -0.1) is 0 Å². The minimum absolute atomic E-state index is 0.116. The summed E-state index contributed by atoms with van der Waals surface area (Å²) >= 11 is 0. The Labute approximate surface area is 144 Å². The van der Waals surface area contributed by atoms with Crippen LogP contribution in [0.5, 0.6) is 0 Å². The van der Waals surface area contributed by atoms with Crippen molar-refractivity contribution >= 4 is 23.5 Å². The van der Waals surface area contributed by atoms with Crippen molar-refractivity contribution < 1.29 is 29.2 Å². The summed E-state index contributed by atoms with van der Waals surface area (Å²) < 4.78 is 4.81. The van der Waals surface area contributed by atoms with E-state index in [9.17, 15) is 29.6 Å². The van der Waals surface area contributed by atoms with Gasteiger partial charge in [0.2, 0.25) is 5.91 Å². The van der Waals surface area contributed by atoms with E-state index in [2.05, 4.69) is 5.32 Å². The number of hydrogen-bond donors (Lipinski definition) is 2. The van der Waals surface area contributed by atoms with Gasteiger partial charge in [-0.05, 0) is 18.9 Å². The number of hydrogen-bond acceptors (Lipinski definition) is 6. The number of benzene rings is 1. The Morgan fingerprint density at radius 2 is 2.04 bits per heavy atom. The molecule has 0 aliphatic rings. The monoisotopic (exact) mass is 352 g/mol. The maximum atomic E-state index is 12.0. The molecule has 9 heteroatoms. The molecule has 9 nitrogen and oxygen atoms in total. The van der Waals surface area contributed by atoms with E-state index in [0.29, 0.717) is 5.56 Å². The van der Waals surface area contributed by atoms with E-state index in [0.717, 1.165) is 0 Å². The molecule has 0 unspecified atom stereocenters. The normalized spacial score (nSPS) is 12.7. The molecule has 0 fully saturated rings. The summed E-state index contributed by atoms with van der Waals surface area (Å²) in [6.07, 6.45) is -0.325. The first kappa shape index (κ1) is 20.1. The van der Waals surface area contributed by atoms with Crippen molar-refractivity contribution in [1.29, 1.82) is 0 Å². The van der Waals surface area contributed by atoms with Gasteiger partial charge in [0.1, 0.15) is 6.04 Å². The summed E-state index contributed by atoms with van der Waals surface area (Å²) in [7, 11) is 0. The fourth-order valence-electron chi connectivity index (χ4n) is 2.17. The van der Waals surface area contributed by atoms with E-state index in [1.54, 1.807) is 6.92 Å². The molecule has 25 heavy (non-hydrogen) atoms. The molecule has 0 aliphatic carbocycles. The van der Waals surface area contributed by atoms with Gasteiger partial charge in [0.25, 0.3) is 5.69 Å². The molecule has 1 aromatic carbocycles. The number of carboxylic acids is 1. The highest BCUT2D eigenvalue weighted by Gasteiger charge is 2.26. The van der Waals surface area contributed by atoms with Crippen LogP contribution >= 0.6 is 0 Å². The number of aliphatic carboxylic acids is 1. The lowest BCUT2D eigenvalue weighted by Gasteiger charge is -2.18. The minimum atomic E-state index is -1.27. The molecule has 0 aliphatic heterocycles. The second-order valence-corrected chi connectivity index (χ2v) is 5.45. The number of amides is 1. The number of carbonyl (C=O) groups excluding carboxylic acids is 2. The van der Waals surface area contributed by atoms with Crippen molar-refractivity contribution in [2.45, 2.75) is 32.7 Å². The van der Waals surface area contributed by atoms with Crippen LogP contribution in [0, 0.1) is 16.0 Å². The van der Waals surface area contributed by atoms with E-state index in [1.165, 1.54) is 31.2 Å². The SMILES string of the molecule is CCOC(=O)[C@H](C)C[C@@H](NC(=O)Cc1cccc([N+](=O)[O-])c1)C(=O)O. The Morgan fingerprint density at radius 1 is 1.36 bits per heavy atom. The Hall–Kier alpha value is -2.97. The summed E-state index contributed by atoms with van der Waals surface area (Å²) in [6, 6.07) is 4.26. The highest BCUT2D eigenvalue weighted by Crippen LogP contribution is 2.14. The number of rotatable bonds is 9. The van der Waals surface area contributed by atoms with Crippen LogP contribution in [-0.2, 0) is 25.5 Å². The third-order valence-corrected chi connectivity index (χ3v) is 3.40. The summed E-state index contributed by atoms with van der Waals surface area (Å²) in [5.41, 5.74) is 0.227. The summed E-state index contributed by atoms with van der Waals surface area (Å²) in [4.78, 5) is 45.1. The molecule has 0 saturated carbocycles. The zero-order valence-electron chi connectivity index (χ0n) is 13.9. The predicted octanol–water partition coefficient (Wildman–Crippen LogP) is 1.30. The van der Waals surface area contributed by atoms with Crippen LogP contribution in [-0.4, -0.2) is 40.5 Å². The fraction of sp³-hybridized carbons (Fsp3) is 0.438. The van der Waals surface area contributed by atoms with Crippen LogP contribution in [0.3, 0.4) is 0 Å². The zero-order valence-corrected chi connectivity index (χ0v) is 13.9. The average molecular weight is 352 g/mol. The number of nitrogens with one attached hydrogen (secondary N) is 1. The molecule has 1 aromatic rings. The largest absolute Gasteiger partial charge is 0.480 e. The quantitative estimate of drug-likeness (QED) is 0.388. The molecular formula is C16H20N2O7. The molecule has 0 heterocycles. The van der Waals surface area contributed by atoms with Crippen LogP contribution in [0.4, 0.5) is 5.69 Å². The molecule has 0 spiro atoms. The van der Waals surface area contributed by atoms with E-state index < -0.39 is 34.7 Å². The number of nitro benzene ring substituents is 1. The second kappa shape index (κ2) is 9.36. The van der Waals surface area contributed by atoms with Crippen LogP contribution in [0.15, 0.2) is 24.3 Å². The van der Waals surface area contributed by atoms with Gasteiger partial charge in [-0.2, -0.15) is 0 Å². The minimum Gasteiger partial charge on any atom is -0.480 e. The van der Waals surface area contributed by atoms with E-state index in [-0.39, 0.29) is 25.1 Å². The first-order chi connectivity index (χ1) is 11.7. The van der Waals surface area contributed by atoms with Crippen molar-refractivity contribution in [2.24, 2.45) is 5.92 Å². The van der Waals surface area contributed by atoms with Crippen molar-refractivity contribution in [3.8, 4) is 0 Å². The van der Waals surface area contributed by atoms with Gasteiger partial charge in [0, 0.05) is 12.1 Å². The highest BCUT2D eigenvalue weighted by molar-refractivity contribution is 5.85. The molecular weight excluding hydrogens is 332 g/mol. The van der Waals surface area contributed by atoms with Gasteiger partial charge in [-0.1, -0.05) is 19.1 Å². The van der Waals surface area contributed by atoms with E-state index in [1.807, 2.05) is 0 Å². The van der Waals surface area contributed by atoms with Crippen molar-refractivity contribution in [1.82, 2.24) is 5.32 Å². The van der Waals surface area contributed by atoms with Gasteiger partial charge >= 0.3 is 11.9 Å². The molecule has 2 N–H and O–H groups in total. The molecule has 0 aromatic heterocycles. The van der Waals surface area contributed by atoms with Crippen molar-refractivity contribution in [2.75, 3.05) is 6.61 Å². The van der Waals surface area contributed by atoms with Gasteiger partial charge in [0.15, 0.2) is 0 Å². The number of nitro groups is 1. The molecule has 1 rings (SSSR count). The Kier molecular flexibility index (Phi) is 7.51. The lowest BCUT2D eigenvalue weighted by atomic mass is 10.0. The summed E-state index contributed by atoms with van der Waals surface area (Å²) in [6.45, 7) is 3.33. The average Bonchev–Trinajstić information content (AvgIpc) is 2.54. The second-order valence-electron chi connectivity index (χ2n) is 5.45. The molecule has 136 valence electrons. The first-order valence-corrected chi connectivity index (χ1v) is 7.66. The van der Waals surface area contributed by atoms with Gasteiger partial charge in [-0.3, -0.25) is 19.7 Å². The van der Waals surface area contributed by atoms with Crippen molar-refractivity contribution in [3.05, 3.63) is 39.9 Å². The Morgan fingerprint density at radius 3 is 2.60 bits per heavy atom. The van der Waals surface area contributed by atoms with Crippen LogP contribution in [0.25, 0.3) is 0 Å². The zero-order chi connectivity index (χ0) is 19.0. The van der Waals surface area contributed by atoms with Gasteiger partial charge < -0.3 is 15.2 Å². The van der Waals surface area contributed by atoms with Crippen LogP contribution in [0.2, 0.25) is 0 Å². The highest BCUT2D eigenvalue weighted by atomic mass is 16.6. The number of nitrogens with zero attached hydrogens (tertiary/aromatic N) is 1. The molecule has 0 saturated heterocycles. The molecule has 0 radical (unpaired) electrons. The lowest BCUT2D eigenvalue weighted by Crippen LogP contribution is -2.43. The van der Waals surface area contributed by atoms with E-state index >= 15 is 0 Å². The topological polar surface area (TPSA) is 136 Å². The third kappa shape index (κ3) is 6.58. The summed E-state index contributed by atoms with van der Waals surface area (Å²) in [5, 5.41) is 22.3. The third-order valence-electron chi connectivity index (χ3n) is 3.40. The maximum absolute atomic E-state index is 12.0. The Bertz CT molecular complexity index is 660. The number of carboxylic acid groups (broad SMARTS) is 1. The standard InChI is InChI=1S/C16H20N2O7/c1-3-25-16(22)10(2)7-13(15(20)21)17-14(19)9-11-5-4-6-12(8-11)18(23)24/h4-6,8,10,13H,3,7,9H2,1-2H3,(H,17,19)(H,20,21)/t10-,13-/m1/s1. The molecule has 1 amide bonds. The number of ether oxygens (including phenoxy) is 1. The first-order valence-electron chi connectivity index (χ1n) is 7.66. The van der Waals surface area contributed by atoms with E-state index in [4.69, 9.17) is 4.74 Å². The predicted molar refractivity (Wildman–Crippen MR) is 86.8 cm³/mol. The Balaban J connectivity index is 2.70. The summed E-state index contributed by atoms with van der Waals surface area (Å²) in [5.74, 6) is -3.12. The number of carbonyl (C=O) groups is 3. The fourth-order valence-corrected chi connectivity index (χ4v) is 2.17. The van der Waals surface area contributed by atoms with Gasteiger partial charge in [-0.25, -0.2) is 4.79 Å². The molecule has 2 atom stereocenters. The number of non-ortho nitro benzene ring substituents is 1.